The van der Waals surface area contributed by atoms with Crippen LogP contribution in [-0.4, -0.2) is 52.7 Å². The van der Waals surface area contributed by atoms with Gasteiger partial charge >= 0.3 is 18.0 Å². The van der Waals surface area contributed by atoms with Crippen molar-refractivity contribution in [3.8, 4) is 0 Å². The third kappa shape index (κ3) is 9.70. The summed E-state index contributed by atoms with van der Waals surface area (Å²) in [5.41, 5.74) is -0.108. The van der Waals surface area contributed by atoms with Gasteiger partial charge in [-0.3, -0.25) is 9.59 Å². The van der Waals surface area contributed by atoms with Gasteiger partial charge in [-0.05, 0) is 11.8 Å². The molecule has 122 valence electrons. The predicted molar refractivity (Wildman–Crippen MR) is 78.2 cm³/mol. The van der Waals surface area contributed by atoms with E-state index in [1.165, 1.54) is 0 Å². The van der Waals surface area contributed by atoms with Crippen LogP contribution in [0.1, 0.15) is 46.5 Å². The third-order valence-electron chi connectivity index (χ3n) is 3.11. The number of amides is 2. The Bertz CT molecular complexity index is 352. The molecule has 21 heavy (non-hydrogen) atoms. The maximum Gasteiger partial charge on any atom is 0.323 e. The largest absolute Gasteiger partial charge is 0.480 e. The van der Waals surface area contributed by atoms with E-state index in [9.17, 15) is 14.4 Å². The average molecular weight is 302 g/mol. The van der Waals surface area contributed by atoms with Gasteiger partial charge in [0.2, 0.25) is 0 Å². The Morgan fingerprint density at radius 2 is 1.57 bits per heavy atom. The van der Waals surface area contributed by atoms with Gasteiger partial charge in [-0.25, -0.2) is 4.79 Å². The van der Waals surface area contributed by atoms with Crippen LogP contribution in [0, 0.1) is 5.41 Å². The van der Waals surface area contributed by atoms with E-state index >= 15 is 0 Å². The minimum Gasteiger partial charge on any atom is -0.480 e. The fourth-order valence-corrected chi connectivity index (χ4v) is 1.89. The van der Waals surface area contributed by atoms with Gasteiger partial charge in [0.1, 0.15) is 13.1 Å². The number of hydrogen-bond donors (Lipinski definition) is 3. The van der Waals surface area contributed by atoms with E-state index in [4.69, 9.17) is 10.2 Å². The van der Waals surface area contributed by atoms with Gasteiger partial charge in [0.25, 0.3) is 0 Å². The van der Waals surface area contributed by atoms with Crippen molar-refractivity contribution in [1.29, 1.82) is 0 Å². The number of nitrogens with zero attached hydrogens (tertiary/aromatic N) is 1. The Kier molecular flexibility index (Phi) is 8.42. The zero-order chi connectivity index (χ0) is 16.5. The van der Waals surface area contributed by atoms with Crippen molar-refractivity contribution >= 4 is 18.0 Å². The molecule has 2 amide bonds. The smallest absolute Gasteiger partial charge is 0.323 e. The molecule has 0 aromatic rings. The molecule has 0 saturated heterocycles. The summed E-state index contributed by atoms with van der Waals surface area (Å²) in [5, 5.41) is 20.0. The van der Waals surface area contributed by atoms with Gasteiger partial charge in [-0.2, -0.15) is 0 Å². The maximum atomic E-state index is 11.9. The normalized spacial score (nSPS) is 11.0. The van der Waals surface area contributed by atoms with Gasteiger partial charge in [0.05, 0.1) is 0 Å². The van der Waals surface area contributed by atoms with Crippen LogP contribution in [0.2, 0.25) is 0 Å². The SMILES string of the molecule is CCCCCC(C)(C)CNC(=O)N(CC(=O)O)CC(=O)O. The lowest BCUT2D eigenvalue weighted by molar-refractivity contribution is -0.140. The van der Waals surface area contributed by atoms with E-state index < -0.39 is 31.1 Å². The van der Waals surface area contributed by atoms with Crippen LogP contribution in [0.15, 0.2) is 0 Å². The minimum atomic E-state index is -1.24. The number of urea groups is 1. The number of nitrogens with one attached hydrogen (secondary N) is 1. The summed E-state index contributed by atoms with van der Waals surface area (Å²) < 4.78 is 0. The van der Waals surface area contributed by atoms with E-state index in [1.54, 1.807) is 0 Å². The van der Waals surface area contributed by atoms with Crippen molar-refractivity contribution in [3.63, 3.8) is 0 Å². The molecule has 7 nitrogen and oxygen atoms in total. The Morgan fingerprint density at radius 1 is 1.05 bits per heavy atom. The highest BCUT2D eigenvalue weighted by molar-refractivity contribution is 5.84. The Labute approximate surface area is 125 Å². The number of unbranched alkanes of at least 4 members (excludes halogenated alkanes) is 2. The molecular formula is C14H26N2O5. The topological polar surface area (TPSA) is 107 Å². The molecule has 0 heterocycles. The highest BCUT2D eigenvalue weighted by Gasteiger charge is 2.23. The lowest BCUT2D eigenvalue weighted by Gasteiger charge is -2.27. The molecule has 0 aliphatic rings. The Balaban J connectivity index is 4.40. The van der Waals surface area contributed by atoms with E-state index in [0.29, 0.717) is 6.54 Å². The summed E-state index contributed by atoms with van der Waals surface area (Å²) in [7, 11) is 0. The van der Waals surface area contributed by atoms with E-state index in [2.05, 4.69) is 12.2 Å². The summed E-state index contributed by atoms with van der Waals surface area (Å²) in [6.45, 7) is 5.27. The first-order chi connectivity index (χ1) is 9.68. The minimum absolute atomic E-state index is 0.108. The highest BCUT2D eigenvalue weighted by Crippen LogP contribution is 2.22. The fourth-order valence-electron chi connectivity index (χ4n) is 1.89. The van der Waals surface area contributed by atoms with Gasteiger partial charge in [-0.1, -0.05) is 40.0 Å². The number of carbonyl (C=O) groups excluding carboxylic acids is 1. The van der Waals surface area contributed by atoms with Gasteiger partial charge in [0.15, 0.2) is 0 Å². The van der Waals surface area contributed by atoms with Crippen molar-refractivity contribution in [2.75, 3.05) is 19.6 Å². The quantitative estimate of drug-likeness (QED) is 0.533. The van der Waals surface area contributed by atoms with Crippen LogP contribution in [0.5, 0.6) is 0 Å². The van der Waals surface area contributed by atoms with Crippen molar-refractivity contribution < 1.29 is 24.6 Å². The van der Waals surface area contributed by atoms with E-state index in [-0.39, 0.29) is 5.41 Å². The first-order valence-electron chi connectivity index (χ1n) is 7.14. The Hall–Kier alpha value is -1.79. The zero-order valence-electron chi connectivity index (χ0n) is 13.0. The molecular weight excluding hydrogens is 276 g/mol. The van der Waals surface area contributed by atoms with Gasteiger partial charge < -0.3 is 20.4 Å². The maximum absolute atomic E-state index is 11.9. The number of carboxylic acid groups (broad SMARTS) is 2. The summed E-state index contributed by atoms with van der Waals surface area (Å²) >= 11 is 0. The van der Waals surface area contributed by atoms with Crippen LogP contribution in [-0.2, 0) is 9.59 Å². The lowest BCUT2D eigenvalue weighted by Crippen LogP contribution is -2.47. The molecule has 0 bridgehead atoms. The average Bonchev–Trinajstić information content (AvgIpc) is 2.34. The van der Waals surface area contributed by atoms with Gasteiger partial charge in [0, 0.05) is 6.54 Å². The fraction of sp³-hybridized carbons (Fsp3) is 0.786. The second-order valence-corrected chi connectivity index (χ2v) is 5.92. The predicted octanol–water partition coefficient (Wildman–Crippen LogP) is 1.77. The molecule has 3 N–H and O–H groups in total. The van der Waals surface area contributed by atoms with E-state index in [1.807, 2.05) is 13.8 Å². The molecule has 0 aromatic carbocycles. The van der Waals surface area contributed by atoms with Crippen molar-refractivity contribution in [2.45, 2.75) is 46.5 Å². The molecule has 0 radical (unpaired) electrons. The monoisotopic (exact) mass is 302 g/mol. The number of carboxylic acids is 2. The second-order valence-electron chi connectivity index (χ2n) is 5.92. The standard InChI is InChI=1S/C14H26N2O5/c1-4-5-6-7-14(2,3)10-15-13(21)16(8-11(17)18)9-12(19)20/h4-10H2,1-3H3,(H,15,21)(H,17,18)(H,19,20). The second kappa shape index (κ2) is 9.20. The van der Waals surface area contributed by atoms with Crippen molar-refractivity contribution in [3.05, 3.63) is 0 Å². The number of aliphatic carboxylic acids is 2. The van der Waals surface area contributed by atoms with Crippen molar-refractivity contribution in [2.24, 2.45) is 5.41 Å². The lowest BCUT2D eigenvalue weighted by atomic mass is 9.87. The zero-order valence-corrected chi connectivity index (χ0v) is 13.0. The highest BCUT2D eigenvalue weighted by atomic mass is 16.4. The molecule has 0 aliphatic heterocycles. The van der Waals surface area contributed by atoms with Crippen LogP contribution in [0.25, 0.3) is 0 Å². The van der Waals surface area contributed by atoms with Crippen LogP contribution >= 0.6 is 0 Å². The summed E-state index contributed by atoms with van der Waals surface area (Å²) in [6.07, 6.45) is 4.25. The van der Waals surface area contributed by atoms with Crippen molar-refractivity contribution in [1.82, 2.24) is 10.2 Å². The van der Waals surface area contributed by atoms with Gasteiger partial charge in [-0.15, -0.1) is 0 Å². The summed E-state index contributed by atoms with van der Waals surface area (Å²) in [5.74, 6) is -2.48. The molecule has 7 heteroatoms. The first kappa shape index (κ1) is 19.2. The molecule has 0 rings (SSSR count). The first-order valence-corrected chi connectivity index (χ1v) is 7.14. The molecule has 0 unspecified atom stereocenters. The van der Waals surface area contributed by atoms with E-state index in [0.717, 1.165) is 30.6 Å². The number of rotatable bonds is 10. The molecule has 0 atom stereocenters. The van der Waals surface area contributed by atoms with Crippen LogP contribution in [0.3, 0.4) is 0 Å². The van der Waals surface area contributed by atoms with Crippen LogP contribution < -0.4 is 5.32 Å². The number of hydrogen-bond acceptors (Lipinski definition) is 3. The summed E-state index contributed by atoms with van der Waals surface area (Å²) in [6, 6.07) is -0.664. The molecule has 0 saturated carbocycles. The van der Waals surface area contributed by atoms with Crippen LogP contribution in [0.4, 0.5) is 4.79 Å². The summed E-state index contributed by atoms with van der Waals surface area (Å²) in [4.78, 5) is 34.0. The third-order valence-corrected chi connectivity index (χ3v) is 3.11. The Morgan fingerprint density at radius 3 is 2.00 bits per heavy atom. The number of carbonyl (C=O) groups is 3. The molecule has 0 fully saturated rings. The molecule has 0 spiro atoms. The molecule has 0 aromatic heterocycles. The molecule has 0 aliphatic carbocycles.